The smallest absolute Gasteiger partial charge is 0.151 e. The molecule has 3 aromatic heterocycles. The van der Waals surface area contributed by atoms with E-state index in [2.05, 4.69) is 36.7 Å². The van der Waals surface area contributed by atoms with Gasteiger partial charge in [0.2, 0.25) is 0 Å². The predicted molar refractivity (Wildman–Crippen MR) is 116 cm³/mol. The van der Waals surface area contributed by atoms with Crippen molar-refractivity contribution in [1.82, 2.24) is 24.6 Å². The van der Waals surface area contributed by atoms with Gasteiger partial charge in [0.25, 0.3) is 0 Å². The Hall–Kier alpha value is -2.87. The second-order valence-corrected chi connectivity index (χ2v) is 8.18. The van der Waals surface area contributed by atoms with Crippen molar-refractivity contribution in [2.75, 3.05) is 44.0 Å². The van der Waals surface area contributed by atoms with Crippen LogP contribution in [0.1, 0.15) is 18.0 Å². The van der Waals surface area contributed by atoms with E-state index in [4.69, 9.17) is 16.3 Å². The molecule has 0 amide bonds. The molecule has 31 heavy (non-hydrogen) atoms. The number of halogens is 2. The number of aromatic nitrogens is 4. The summed E-state index contributed by atoms with van der Waals surface area (Å²) in [5.74, 6) is 0.529. The average molecular weight is 445 g/mol. The lowest BCUT2D eigenvalue weighted by Crippen LogP contribution is -2.55. The molecule has 0 unspecified atom stereocenters. The van der Waals surface area contributed by atoms with Crippen molar-refractivity contribution < 1.29 is 9.13 Å². The lowest BCUT2D eigenvalue weighted by molar-refractivity contribution is -0.0847. The molecule has 0 aromatic carbocycles. The number of nitrogens with zero attached hydrogens (tertiary/aromatic N) is 5. The van der Waals surface area contributed by atoms with E-state index >= 15 is 0 Å². The zero-order chi connectivity index (χ0) is 21.5. The maximum absolute atomic E-state index is 15.0. The third-order valence-electron chi connectivity index (χ3n) is 6.02. The van der Waals surface area contributed by atoms with Crippen LogP contribution in [0.4, 0.5) is 21.6 Å². The molecular weight excluding hydrogens is 423 g/mol. The van der Waals surface area contributed by atoms with Crippen LogP contribution in [0.25, 0.3) is 11.0 Å². The van der Waals surface area contributed by atoms with Crippen LogP contribution in [0.15, 0.2) is 18.5 Å². The molecule has 11 heteroatoms. The number of ether oxygens (including phenoxy) is 1. The molecule has 3 N–H and O–H groups in total. The number of alkyl halides is 1. The van der Waals surface area contributed by atoms with Gasteiger partial charge in [-0.1, -0.05) is 11.6 Å². The largest absolute Gasteiger partial charge is 0.387 e. The molecule has 0 spiro atoms. The summed E-state index contributed by atoms with van der Waals surface area (Å²) in [5, 5.41) is 21.0. The number of aromatic amines is 1. The van der Waals surface area contributed by atoms with Crippen LogP contribution in [0.5, 0.6) is 0 Å². The van der Waals surface area contributed by atoms with E-state index in [1.807, 2.05) is 0 Å². The fraction of sp³-hybridized carbons (Fsp3) is 0.450. The first-order chi connectivity index (χ1) is 15.1. The minimum absolute atomic E-state index is 0.321. The Bertz CT molecular complexity index is 1150. The van der Waals surface area contributed by atoms with Crippen LogP contribution in [0, 0.1) is 11.3 Å². The summed E-state index contributed by atoms with van der Waals surface area (Å²) in [4.78, 5) is 9.68. The average Bonchev–Trinajstić information content (AvgIpc) is 3.30. The van der Waals surface area contributed by atoms with Crippen LogP contribution >= 0.6 is 11.6 Å². The third-order valence-corrected chi connectivity index (χ3v) is 6.40. The zero-order valence-electron chi connectivity index (χ0n) is 16.9. The Morgan fingerprint density at radius 2 is 2.23 bits per heavy atom. The molecule has 0 bridgehead atoms. The van der Waals surface area contributed by atoms with Gasteiger partial charge in [0.1, 0.15) is 23.7 Å². The van der Waals surface area contributed by atoms with E-state index in [1.165, 1.54) is 0 Å². The molecule has 0 aliphatic carbocycles. The number of anilines is 3. The lowest BCUT2D eigenvalue weighted by atomic mass is 10.0. The van der Waals surface area contributed by atoms with Crippen molar-refractivity contribution in [3.63, 3.8) is 0 Å². The van der Waals surface area contributed by atoms with Crippen LogP contribution < -0.4 is 10.6 Å². The molecule has 2 atom stereocenters. The van der Waals surface area contributed by atoms with E-state index in [0.717, 1.165) is 17.6 Å². The molecule has 2 fully saturated rings. The van der Waals surface area contributed by atoms with Crippen molar-refractivity contribution in [2.24, 2.45) is 0 Å². The summed E-state index contributed by atoms with van der Waals surface area (Å²) < 4.78 is 21.7. The van der Waals surface area contributed by atoms with E-state index < -0.39 is 12.2 Å². The second-order valence-electron chi connectivity index (χ2n) is 7.82. The Morgan fingerprint density at radius 1 is 1.39 bits per heavy atom. The number of H-pyrrole nitrogens is 1. The van der Waals surface area contributed by atoms with Crippen molar-refractivity contribution in [2.45, 2.75) is 24.7 Å². The van der Waals surface area contributed by atoms with Gasteiger partial charge in [0, 0.05) is 38.1 Å². The summed E-state index contributed by atoms with van der Waals surface area (Å²) in [5.41, 5.74) is 2.39. The minimum Gasteiger partial charge on any atom is -0.387 e. The molecule has 2 saturated heterocycles. The van der Waals surface area contributed by atoms with Gasteiger partial charge in [0.05, 0.1) is 48.1 Å². The fourth-order valence-electron chi connectivity index (χ4n) is 4.24. The quantitative estimate of drug-likeness (QED) is 0.555. The Kier molecular flexibility index (Phi) is 5.17. The van der Waals surface area contributed by atoms with Gasteiger partial charge in [-0.15, -0.1) is 0 Å². The third kappa shape index (κ3) is 3.48. The van der Waals surface area contributed by atoms with Crippen molar-refractivity contribution in [1.29, 1.82) is 5.26 Å². The lowest BCUT2D eigenvalue weighted by Gasteiger charge is -2.42. The number of hydrogen-bond donors (Lipinski definition) is 3. The topological polar surface area (TPSA) is 107 Å². The van der Waals surface area contributed by atoms with Crippen LogP contribution in [-0.4, -0.2) is 70.2 Å². The number of pyridine rings is 1. The van der Waals surface area contributed by atoms with E-state index in [9.17, 15) is 9.65 Å². The minimum atomic E-state index is -1.06. The van der Waals surface area contributed by atoms with Gasteiger partial charge < -0.3 is 20.4 Å². The molecule has 0 radical (unpaired) electrons. The Balaban J connectivity index is 1.37. The molecule has 162 valence electrons. The zero-order valence-corrected chi connectivity index (χ0v) is 17.7. The SMILES string of the molecule is CNc1cc(Nc2cnn([C@H]3CCN(C4COC4)C[C@@H]3F)c2Cl)nc2[nH]cc(C#N)c12. The predicted octanol–water partition coefficient (Wildman–Crippen LogP) is 3.05. The number of rotatable bonds is 5. The summed E-state index contributed by atoms with van der Waals surface area (Å²) in [6.07, 6.45) is 2.78. The Morgan fingerprint density at radius 3 is 2.90 bits per heavy atom. The highest BCUT2D eigenvalue weighted by Gasteiger charge is 2.37. The first-order valence-corrected chi connectivity index (χ1v) is 10.5. The highest BCUT2D eigenvalue weighted by Crippen LogP contribution is 2.35. The van der Waals surface area contributed by atoms with Gasteiger partial charge in [-0.3, -0.25) is 4.90 Å². The van der Waals surface area contributed by atoms with Crippen LogP contribution in [0.3, 0.4) is 0 Å². The number of nitrogens with one attached hydrogen (secondary N) is 3. The maximum Gasteiger partial charge on any atom is 0.151 e. The molecule has 3 aromatic rings. The number of likely N-dealkylation sites (tertiary alicyclic amines) is 1. The van der Waals surface area contributed by atoms with E-state index in [-0.39, 0.29) is 0 Å². The molecule has 9 nitrogen and oxygen atoms in total. The summed E-state index contributed by atoms with van der Waals surface area (Å²) >= 11 is 6.57. The summed E-state index contributed by atoms with van der Waals surface area (Å²) in [6, 6.07) is 3.85. The second kappa shape index (κ2) is 8.00. The number of hydrogen-bond acceptors (Lipinski definition) is 7. The van der Waals surface area contributed by atoms with Crippen molar-refractivity contribution in [3.8, 4) is 6.07 Å². The number of piperidine rings is 1. The Labute approximate surface area is 183 Å². The molecular formula is C20H22ClFN8O. The normalized spacial score (nSPS) is 22.3. The molecule has 2 aliphatic heterocycles. The standard InChI is InChI=1S/C20H22ClFN8O/c1-24-14-4-17(28-20-18(14)11(5-23)6-25-20)27-15-7-26-30(19(15)21)16-2-3-29(8-13(16)22)12-9-31-10-12/h4,6-7,12-13,16H,2-3,8-10H2,1H3,(H3,24,25,27,28)/t13-,16-/m0/s1. The number of fused-ring (bicyclic) bond motifs is 1. The van der Waals surface area contributed by atoms with Crippen LogP contribution in [0.2, 0.25) is 5.15 Å². The fourth-order valence-corrected chi connectivity index (χ4v) is 4.51. The monoisotopic (exact) mass is 444 g/mol. The summed E-state index contributed by atoms with van der Waals surface area (Å²) in [6.45, 7) is 2.50. The van der Waals surface area contributed by atoms with E-state index in [0.29, 0.717) is 60.1 Å². The maximum atomic E-state index is 15.0. The highest BCUT2D eigenvalue weighted by atomic mass is 35.5. The van der Waals surface area contributed by atoms with Gasteiger partial charge in [-0.05, 0) is 6.42 Å². The first-order valence-electron chi connectivity index (χ1n) is 10.1. The van der Waals surface area contributed by atoms with Gasteiger partial charge in [0.15, 0.2) is 5.15 Å². The molecule has 0 saturated carbocycles. The molecule has 5 rings (SSSR count). The molecule has 5 heterocycles. The number of nitriles is 1. The molecule has 2 aliphatic rings. The highest BCUT2D eigenvalue weighted by molar-refractivity contribution is 6.32. The van der Waals surface area contributed by atoms with Gasteiger partial charge in [-0.2, -0.15) is 10.4 Å². The van der Waals surface area contributed by atoms with Gasteiger partial charge >= 0.3 is 0 Å². The first kappa shape index (κ1) is 20.1. The van der Waals surface area contributed by atoms with Gasteiger partial charge in [-0.25, -0.2) is 14.1 Å². The van der Waals surface area contributed by atoms with Crippen molar-refractivity contribution in [3.05, 3.63) is 29.2 Å². The van der Waals surface area contributed by atoms with Crippen LogP contribution in [-0.2, 0) is 4.74 Å². The van der Waals surface area contributed by atoms with E-state index in [1.54, 1.807) is 30.2 Å². The summed E-state index contributed by atoms with van der Waals surface area (Å²) in [7, 11) is 1.78. The van der Waals surface area contributed by atoms with Crippen molar-refractivity contribution >= 4 is 39.8 Å².